The molecule has 1 amide bonds. The van der Waals surface area contributed by atoms with Gasteiger partial charge in [0.15, 0.2) is 0 Å². The first-order valence-electron chi connectivity index (χ1n) is 7.36. The molecule has 2 aromatic rings. The van der Waals surface area contributed by atoms with Crippen molar-refractivity contribution < 1.29 is 24.5 Å². The lowest BCUT2D eigenvalue weighted by atomic mass is 10.1. The van der Waals surface area contributed by atoms with Crippen molar-refractivity contribution in [2.24, 2.45) is 0 Å². The number of para-hydroxylation sites is 1. The summed E-state index contributed by atoms with van der Waals surface area (Å²) < 4.78 is 6.25. The summed E-state index contributed by atoms with van der Waals surface area (Å²) in [6.07, 6.45) is 0.938. The third-order valence-electron chi connectivity index (χ3n) is 3.22. The van der Waals surface area contributed by atoms with Gasteiger partial charge in [0, 0.05) is 27.3 Å². The smallest absolute Gasteiger partial charge is 0.412 e. The number of carboxylic acids is 1. The Balaban J connectivity index is 2.17. The fraction of sp³-hybridized carbons (Fsp3) is 0.111. The summed E-state index contributed by atoms with van der Waals surface area (Å²) in [6.45, 7) is 0. The number of carbonyl (C=O) groups is 2. The van der Waals surface area contributed by atoms with Gasteiger partial charge in [-0.1, -0.05) is 24.3 Å². The van der Waals surface area contributed by atoms with Gasteiger partial charge in [-0.15, -0.1) is 0 Å². The third-order valence-corrected chi connectivity index (χ3v) is 3.89. The molecule has 25 heavy (non-hydrogen) atoms. The number of aromatic hydroxyl groups is 1. The third kappa shape index (κ3) is 6.11. The van der Waals surface area contributed by atoms with Gasteiger partial charge >= 0.3 is 12.1 Å². The van der Waals surface area contributed by atoms with E-state index in [-0.39, 0.29) is 12.2 Å². The molecule has 0 aliphatic heterocycles. The van der Waals surface area contributed by atoms with Crippen LogP contribution in [-0.2, 0) is 9.53 Å². The Morgan fingerprint density at radius 1 is 1.20 bits per heavy atom. The summed E-state index contributed by atoms with van der Waals surface area (Å²) in [5, 5.41) is 21.4. The maximum atomic E-state index is 12.1. The molecule has 0 unspecified atom stereocenters. The highest BCUT2D eigenvalue weighted by atomic mass is 127. The standard InChI is InChI=1S/C18H16INO5/c19-12-9-10-15(21)14(11-12)16(7-4-8-17(22)23)25-18(24)20-13-5-2-1-3-6-13/h1-6,8-11,16,21H,7H2,(H,20,24)(H,22,23)/b8-4+/t16-/m1/s1. The highest BCUT2D eigenvalue weighted by molar-refractivity contribution is 14.1. The predicted molar refractivity (Wildman–Crippen MR) is 102 cm³/mol. The van der Waals surface area contributed by atoms with E-state index in [0.29, 0.717) is 11.3 Å². The van der Waals surface area contributed by atoms with E-state index in [1.807, 2.05) is 6.07 Å². The molecule has 6 nitrogen and oxygen atoms in total. The fourth-order valence-electron chi connectivity index (χ4n) is 2.11. The van der Waals surface area contributed by atoms with E-state index in [9.17, 15) is 14.7 Å². The molecule has 0 radical (unpaired) electrons. The number of phenols is 1. The maximum absolute atomic E-state index is 12.1. The molecule has 0 aromatic heterocycles. The number of aliphatic carboxylic acids is 1. The first-order valence-corrected chi connectivity index (χ1v) is 8.44. The molecule has 0 bridgehead atoms. The molecule has 130 valence electrons. The number of carbonyl (C=O) groups excluding carboxylic acids is 1. The quantitative estimate of drug-likeness (QED) is 0.448. The molecule has 0 fully saturated rings. The number of hydrogen-bond acceptors (Lipinski definition) is 4. The number of benzene rings is 2. The molecule has 7 heteroatoms. The molecule has 0 saturated carbocycles. The number of amides is 1. The van der Waals surface area contributed by atoms with E-state index in [4.69, 9.17) is 9.84 Å². The molecule has 2 rings (SSSR count). The summed E-state index contributed by atoms with van der Waals surface area (Å²) in [5.74, 6) is -1.12. The average molecular weight is 453 g/mol. The van der Waals surface area contributed by atoms with Crippen LogP contribution in [0.4, 0.5) is 10.5 Å². The van der Waals surface area contributed by atoms with Crippen molar-refractivity contribution in [1.29, 1.82) is 0 Å². The van der Waals surface area contributed by atoms with Crippen LogP contribution in [-0.4, -0.2) is 22.3 Å². The van der Waals surface area contributed by atoms with Crippen LogP contribution in [0.3, 0.4) is 0 Å². The van der Waals surface area contributed by atoms with Crippen molar-refractivity contribution in [3.63, 3.8) is 0 Å². The number of hydrogen-bond donors (Lipinski definition) is 3. The van der Waals surface area contributed by atoms with Gasteiger partial charge in [-0.3, -0.25) is 5.32 Å². The lowest BCUT2D eigenvalue weighted by Crippen LogP contribution is -2.17. The monoisotopic (exact) mass is 453 g/mol. The van der Waals surface area contributed by atoms with Crippen LogP contribution in [0.1, 0.15) is 18.1 Å². The lowest BCUT2D eigenvalue weighted by molar-refractivity contribution is -0.131. The minimum atomic E-state index is -1.10. The molecule has 0 heterocycles. The first kappa shape index (κ1) is 18.8. The number of carboxylic acid groups (broad SMARTS) is 1. The first-order chi connectivity index (χ1) is 12.0. The Morgan fingerprint density at radius 2 is 1.92 bits per heavy atom. The zero-order chi connectivity index (χ0) is 18.2. The lowest BCUT2D eigenvalue weighted by Gasteiger charge is -2.18. The normalized spacial score (nSPS) is 11.9. The molecular formula is C18H16INO5. The van der Waals surface area contributed by atoms with Gasteiger partial charge < -0.3 is 14.9 Å². The predicted octanol–water partition coefficient (Wildman–Crippen LogP) is 4.32. The van der Waals surface area contributed by atoms with E-state index in [1.165, 1.54) is 12.1 Å². The van der Waals surface area contributed by atoms with Gasteiger partial charge in [0.1, 0.15) is 11.9 Å². The number of anilines is 1. The van der Waals surface area contributed by atoms with Crippen molar-refractivity contribution in [2.75, 3.05) is 5.32 Å². The summed E-state index contributed by atoms with van der Waals surface area (Å²) in [6, 6.07) is 13.7. The second-order valence-corrected chi connectivity index (χ2v) is 6.31. The van der Waals surface area contributed by atoms with Crippen molar-refractivity contribution in [1.82, 2.24) is 0 Å². The zero-order valence-electron chi connectivity index (χ0n) is 13.1. The van der Waals surface area contributed by atoms with Gasteiger partial charge in [0.05, 0.1) is 0 Å². The largest absolute Gasteiger partial charge is 0.508 e. The van der Waals surface area contributed by atoms with Crippen LogP contribution >= 0.6 is 22.6 Å². The van der Waals surface area contributed by atoms with Gasteiger partial charge in [-0.25, -0.2) is 9.59 Å². The zero-order valence-corrected chi connectivity index (χ0v) is 15.2. The fourth-order valence-corrected chi connectivity index (χ4v) is 2.63. The Kier molecular flexibility index (Phi) is 6.81. The van der Waals surface area contributed by atoms with E-state index in [1.54, 1.807) is 36.4 Å². The number of nitrogens with one attached hydrogen (secondary N) is 1. The molecule has 1 atom stereocenters. The van der Waals surface area contributed by atoms with Gasteiger partial charge in [0.25, 0.3) is 0 Å². The minimum absolute atomic E-state index is 0.0262. The van der Waals surface area contributed by atoms with Gasteiger partial charge in [0.2, 0.25) is 0 Å². The minimum Gasteiger partial charge on any atom is -0.508 e. The van der Waals surface area contributed by atoms with Gasteiger partial charge in [-0.05, 0) is 52.9 Å². The molecule has 0 aliphatic carbocycles. The second kappa shape index (κ2) is 9.07. The Morgan fingerprint density at radius 3 is 2.60 bits per heavy atom. The second-order valence-electron chi connectivity index (χ2n) is 5.06. The molecule has 0 spiro atoms. The van der Waals surface area contributed by atoms with E-state index in [0.717, 1.165) is 9.65 Å². The van der Waals surface area contributed by atoms with Crippen LogP contribution in [0.5, 0.6) is 5.75 Å². The SMILES string of the molecule is O=C(O)/C=C/C[C@@H](OC(=O)Nc1ccccc1)c1cc(I)ccc1O. The molecule has 2 aromatic carbocycles. The number of ether oxygens (including phenoxy) is 1. The topological polar surface area (TPSA) is 95.9 Å². The highest BCUT2D eigenvalue weighted by Crippen LogP contribution is 2.31. The highest BCUT2D eigenvalue weighted by Gasteiger charge is 2.19. The van der Waals surface area contributed by atoms with Crippen LogP contribution in [0, 0.1) is 3.57 Å². The summed E-state index contributed by atoms with van der Waals surface area (Å²) >= 11 is 2.08. The van der Waals surface area contributed by atoms with Crippen molar-refractivity contribution in [3.8, 4) is 5.75 Å². The van der Waals surface area contributed by atoms with Crippen molar-refractivity contribution in [2.45, 2.75) is 12.5 Å². The van der Waals surface area contributed by atoms with Gasteiger partial charge in [-0.2, -0.15) is 0 Å². The molecular weight excluding hydrogens is 437 g/mol. The number of halogens is 1. The van der Waals surface area contributed by atoms with E-state index >= 15 is 0 Å². The van der Waals surface area contributed by atoms with E-state index in [2.05, 4.69) is 27.9 Å². The Bertz CT molecular complexity index is 776. The number of rotatable bonds is 6. The molecule has 0 saturated heterocycles. The summed E-state index contributed by atoms with van der Waals surface area (Å²) in [4.78, 5) is 22.8. The summed E-state index contributed by atoms with van der Waals surface area (Å²) in [7, 11) is 0. The Labute approximate surface area is 158 Å². The van der Waals surface area contributed by atoms with E-state index < -0.39 is 18.2 Å². The van der Waals surface area contributed by atoms with Crippen molar-refractivity contribution in [3.05, 3.63) is 69.8 Å². The van der Waals surface area contributed by atoms with Crippen molar-refractivity contribution >= 4 is 40.3 Å². The van der Waals surface area contributed by atoms with Crippen LogP contribution in [0.25, 0.3) is 0 Å². The number of phenolic OH excluding ortho intramolecular Hbond substituents is 1. The Hall–Kier alpha value is -2.55. The molecule has 0 aliphatic rings. The average Bonchev–Trinajstić information content (AvgIpc) is 2.57. The van der Waals surface area contributed by atoms with Crippen LogP contribution in [0.2, 0.25) is 0 Å². The van der Waals surface area contributed by atoms with Crippen LogP contribution in [0.15, 0.2) is 60.7 Å². The van der Waals surface area contributed by atoms with Crippen LogP contribution < -0.4 is 5.32 Å². The summed E-state index contributed by atoms with van der Waals surface area (Å²) in [5.41, 5.74) is 0.976. The molecule has 3 N–H and O–H groups in total. The maximum Gasteiger partial charge on any atom is 0.412 e.